The van der Waals surface area contributed by atoms with Gasteiger partial charge in [-0.1, -0.05) is 0 Å². The number of H-pyrrole nitrogens is 2. The minimum absolute atomic E-state index is 0.0247. The standard InChI is InChI=1S/C11H10N4O3S/c16-9-4-7(13-11(19)14-9)5-10(17)15-12-6-8-2-1-3-18-8/h1-4,6H,5H2,(H,15,17)(H2,13,14,16,19)/b12-6-. The maximum absolute atomic E-state index is 11.5. The van der Waals surface area contributed by atoms with Gasteiger partial charge in [0.2, 0.25) is 5.91 Å². The zero-order valence-electron chi connectivity index (χ0n) is 9.67. The van der Waals surface area contributed by atoms with Crippen LogP contribution in [0.4, 0.5) is 0 Å². The molecule has 2 rings (SSSR count). The Bertz CT molecular complexity index is 671. The van der Waals surface area contributed by atoms with E-state index in [1.54, 1.807) is 12.1 Å². The Hall–Kier alpha value is -2.48. The van der Waals surface area contributed by atoms with Crippen LogP contribution in [-0.4, -0.2) is 22.1 Å². The van der Waals surface area contributed by atoms with Crippen LogP contribution in [-0.2, 0) is 11.2 Å². The normalized spacial score (nSPS) is 10.7. The van der Waals surface area contributed by atoms with E-state index in [1.165, 1.54) is 18.5 Å². The van der Waals surface area contributed by atoms with Crippen molar-refractivity contribution in [3.8, 4) is 0 Å². The highest BCUT2D eigenvalue weighted by molar-refractivity contribution is 7.71. The average Bonchev–Trinajstić information content (AvgIpc) is 2.80. The summed E-state index contributed by atoms with van der Waals surface area (Å²) in [5.41, 5.74) is 2.37. The molecule has 0 saturated carbocycles. The zero-order chi connectivity index (χ0) is 13.7. The summed E-state index contributed by atoms with van der Waals surface area (Å²) in [6.07, 6.45) is 2.85. The van der Waals surface area contributed by atoms with E-state index in [4.69, 9.17) is 16.6 Å². The van der Waals surface area contributed by atoms with Crippen molar-refractivity contribution in [1.82, 2.24) is 15.4 Å². The van der Waals surface area contributed by atoms with Crippen LogP contribution in [0, 0.1) is 4.77 Å². The smallest absolute Gasteiger partial charge is 0.251 e. The van der Waals surface area contributed by atoms with Crippen LogP contribution in [0.15, 0.2) is 38.8 Å². The SMILES string of the molecule is O=C(Cc1cc(=O)[nH]c(=S)[nH]1)N/N=C\c1ccco1. The largest absolute Gasteiger partial charge is 0.463 e. The number of carbonyl (C=O) groups excluding carboxylic acids is 1. The van der Waals surface area contributed by atoms with Crippen molar-refractivity contribution in [3.05, 3.63) is 51.0 Å². The van der Waals surface area contributed by atoms with Gasteiger partial charge >= 0.3 is 0 Å². The van der Waals surface area contributed by atoms with Crippen molar-refractivity contribution in [3.63, 3.8) is 0 Å². The van der Waals surface area contributed by atoms with Crippen molar-refractivity contribution in [2.45, 2.75) is 6.42 Å². The van der Waals surface area contributed by atoms with E-state index >= 15 is 0 Å². The van der Waals surface area contributed by atoms with Gasteiger partial charge in [-0.2, -0.15) is 5.10 Å². The average molecular weight is 278 g/mol. The lowest BCUT2D eigenvalue weighted by molar-refractivity contribution is -0.120. The van der Waals surface area contributed by atoms with Gasteiger partial charge in [0.1, 0.15) is 5.76 Å². The Balaban J connectivity index is 1.94. The molecule has 0 aliphatic heterocycles. The molecule has 0 aromatic carbocycles. The molecule has 8 heteroatoms. The van der Waals surface area contributed by atoms with Crippen LogP contribution >= 0.6 is 12.2 Å². The first-order valence-corrected chi connectivity index (χ1v) is 5.72. The fraction of sp³-hybridized carbons (Fsp3) is 0.0909. The summed E-state index contributed by atoms with van der Waals surface area (Å²) in [6, 6.07) is 4.68. The van der Waals surface area contributed by atoms with Crippen molar-refractivity contribution >= 4 is 24.3 Å². The highest BCUT2D eigenvalue weighted by Gasteiger charge is 2.03. The molecule has 0 bridgehead atoms. The van der Waals surface area contributed by atoms with E-state index in [2.05, 4.69) is 20.5 Å². The molecule has 2 aromatic heterocycles. The van der Waals surface area contributed by atoms with Gasteiger partial charge in [0.25, 0.3) is 5.56 Å². The Morgan fingerprint density at radius 3 is 3.05 bits per heavy atom. The van der Waals surface area contributed by atoms with Gasteiger partial charge in [0.15, 0.2) is 4.77 Å². The summed E-state index contributed by atoms with van der Waals surface area (Å²) in [5, 5.41) is 3.71. The predicted molar refractivity (Wildman–Crippen MR) is 70.4 cm³/mol. The summed E-state index contributed by atoms with van der Waals surface area (Å²) < 4.78 is 5.17. The lowest BCUT2D eigenvalue weighted by atomic mass is 10.3. The number of nitrogens with zero attached hydrogens (tertiary/aromatic N) is 1. The number of hydrogen-bond donors (Lipinski definition) is 3. The van der Waals surface area contributed by atoms with E-state index < -0.39 is 0 Å². The minimum Gasteiger partial charge on any atom is -0.463 e. The van der Waals surface area contributed by atoms with Gasteiger partial charge in [-0.15, -0.1) is 0 Å². The monoisotopic (exact) mass is 278 g/mol. The maximum Gasteiger partial charge on any atom is 0.251 e. The molecule has 0 aliphatic rings. The molecule has 7 nitrogen and oxygen atoms in total. The molecule has 98 valence electrons. The number of carbonyl (C=O) groups is 1. The summed E-state index contributed by atoms with van der Waals surface area (Å²) >= 11 is 4.80. The second-order valence-corrected chi connectivity index (χ2v) is 4.01. The Labute approximate surface area is 112 Å². The quantitative estimate of drug-likeness (QED) is 0.435. The molecular formula is C11H10N4O3S. The summed E-state index contributed by atoms with van der Waals surface area (Å²) in [4.78, 5) is 27.8. The predicted octanol–water partition coefficient (Wildman–Crippen LogP) is 0.718. The van der Waals surface area contributed by atoms with Crippen LogP contribution in [0.3, 0.4) is 0 Å². The number of rotatable bonds is 4. The zero-order valence-corrected chi connectivity index (χ0v) is 10.5. The number of hydrazone groups is 1. The number of aromatic nitrogens is 2. The highest BCUT2D eigenvalue weighted by atomic mass is 32.1. The first-order valence-electron chi connectivity index (χ1n) is 5.31. The van der Waals surface area contributed by atoms with Gasteiger partial charge in [0, 0.05) is 11.8 Å². The molecule has 0 aliphatic carbocycles. The molecule has 2 aromatic rings. The maximum atomic E-state index is 11.5. The van der Waals surface area contributed by atoms with Crippen LogP contribution in [0.1, 0.15) is 11.5 Å². The van der Waals surface area contributed by atoms with Gasteiger partial charge in [-0.05, 0) is 24.4 Å². The van der Waals surface area contributed by atoms with Crippen molar-refractivity contribution in [2.75, 3.05) is 0 Å². The summed E-state index contributed by atoms with van der Waals surface area (Å²) in [5.74, 6) is 0.148. The number of furan rings is 1. The van der Waals surface area contributed by atoms with E-state index in [0.717, 1.165) is 0 Å². The molecule has 3 N–H and O–H groups in total. The first-order chi connectivity index (χ1) is 9.13. The molecule has 0 atom stereocenters. The molecule has 0 spiro atoms. The van der Waals surface area contributed by atoms with Crippen molar-refractivity contribution < 1.29 is 9.21 Å². The molecule has 0 saturated heterocycles. The number of hydrogen-bond acceptors (Lipinski definition) is 5. The first kappa shape index (κ1) is 13.0. The molecule has 0 radical (unpaired) electrons. The fourth-order valence-electron chi connectivity index (χ4n) is 1.36. The van der Waals surface area contributed by atoms with Gasteiger partial charge in [-0.25, -0.2) is 5.43 Å². The molecule has 19 heavy (non-hydrogen) atoms. The third-order valence-corrected chi connectivity index (χ3v) is 2.30. The van der Waals surface area contributed by atoms with Crippen LogP contribution in [0.2, 0.25) is 0 Å². The van der Waals surface area contributed by atoms with Crippen LogP contribution in [0.25, 0.3) is 0 Å². The fourth-order valence-corrected chi connectivity index (χ4v) is 1.59. The lowest BCUT2D eigenvalue weighted by Gasteiger charge is -1.99. The summed E-state index contributed by atoms with van der Waals surface area (Å²) in [7, 11) is 0. The van der Waals surface area contributed by atoms with Gasteiger partial charge in [0.05, 0.1) is 18.9 Å². The third-order valence-electron chi connectivity index (χ3n) is 2.09. The van der Waals surface area contributed by atoms with E-state index in [1.807, 2.05) is 0 Å². The molecule has 1 amide bonds. The number of nitrogens with one attached hydrogen (secondary N) is 3. The van der Waals surface area contributed by atoms with Gasteiger partial charge < -0.3 is 9.40 Å². The summed E-state index contributed by atoms with van der Waals surface area (Å²) in [6.45, 7) is 0. The highest BCUT2D eigenvalue weighted by Crippen LogP contribution is 1.95. The second kappa shape index (κ2) is 5.91. The van der Waals surface area contributed by atoms with Crippen LogP contribution < -0.4 is 11.0 Å². The Morgan fingerprint density at radius 1 is 1.53 bits per heavy atom. The molecule has 0 unspecified atom stereocenters. The molecule has 0 fully saturated rings. The van der Waals surface area contributed by atoms with E-state index in [0.29, 0.717) is 11.5 Å². The number of aromatic amines is 2. The Morgan fingerprint density at radius 2 is 2.37 bits per heavy atom. The van der Waals surface area contributed by atoms with Crippen molar-refractivity contribution in [2.24, 2.45) is 5.10 Å². The van der Waals surface area contributed by atoms with E-state index in [-0.39, 0.29) is 22.7 Å². The molecular weight excluding hydrogens is 268 g/mol. The van der Waals surface area contributed by atoms with Crippen molar-refractivity contribution in [1.29, 1.82) is 0 Å². The topological polar surface area (TPSA) is 103 Å². The van der Waals surface area contributed by atoms with E-state index in [9.17, 15) is 9.59 Å². The second-order valence-electron chi connectivity index (χ2n) is 3.60. The Kier molecular flexibility index (Phi) is 4.04. The number of amides is 1. The minimum atomic E-state index is -0.376. The lowest BCUT2D eigenvalue weighted by Crippen LogP contribution is -2.21. The van der Waals surface area contributed by atoms with Gasteiger partial charge in [-0.3, -0.25) is 14.6 Å². The third kappa shape index (κ3) is 4.03. The molecule has 2 heterocycles. The van der Waals surface area contributed by atoms with Crippen LogP contribution in [0.5, 0.6) is 0 Å².